The second-order valence-electron chi connectivity index (χ2n) is 3.26. The monoisotopic (exact) mass is 293 g/mol. The van der Waals surface area contributed by atoms with Gasteiger partial charge in [-0.25, -0.2) is 8.78 Å². The first-order chi connectivity index (χ1) is 7.46. The molecule has 0 spiro atoms. The minimum atomic E-state index is -3.08. The van der Waals surface area contributed by atoms with E-state index in [0.29, 0.717) is 4.47 Å². The summed E-state index contributed by atoms with van der Waals surface area (Å²) in [6.07, 6.45) is -3.08. The van der Waals surface area contributed by atoms with Gasteiger partial charge in [-0.15, -0.1) is 0 Å². The van der Waals surface area contributed by atoms with E-state index in [-0.39, 0.29) is 5.56 Å². The Kier molecular flexibility index (Phi) is 3.98. The molecule has 3 nitrogen and oxygen atoms in total. The highest BCUT2D eigenvalue weighted by atomic mass is 79.9. The Balaban J connectivity index is 3.43. The Bertz CT molecular complexity index is 400. The summed E-state index contributed by atoms with van der Waals surface area (Å²) < 4.78 is 26.3. The van der Waals surface area contributed by atoms with Crippen LogP contribution in [0.2, 0.25) is 0 Å². The Labute approximate surface area is 99.4 Å². The van der Waals surface area contributed by atoms with E-state index >= 15 is 0 Å². The van der Waals surface area contributed by atoms with Gasteiger partial charge in [-0.3, -0.25) is 4.79 Å². The van der Waals surface area contributed by atoms with Crippen LogP contribution in [0.3, 0.4) is 0 Å². The summed E-state index contributed by atoms with van der Waals surface area (Å²) in [5.74, 6) is -1.63. The van der Waals surface area contributed by atoms with E-state index in [2.05, 4.69) is 15.9 Å². The molecule has 6 heteroatoms. The van der Waals surface area contributed by atoms with Crippen LogP contribution in [0.25, 0.3) is 0 Å². The highest BCUT2D eigenvalue weighted by molar-refractivity contribution is 9.10. The smallest absolute Gasteiger partial charge is 0.321 e. The highest BCUT2D eigenvalue weighted by Gasteiger charge is 2.49. The zero-order valence-electron chi connectivity index (χ0n) is 8.16. The van der Waals surface area contributed by atoms with E-state index in [4.69, 9.17) is 10.8 Å². The van der Waals surface area contributed by atoms with Crippen molar-refractivity contribution in [1.29, 1.82) is 0 Å². The van der Waals surface area contributed by atoms with Gasteiger partial charge in [0.2, 0.25) is 0 Å². The van der Waals surface area contributed by atoms with Gasteiger partial charge in [0.1, 0.15) is 0 Å². The molecule has 1 aromatic rings. The quantitative estimate of drug-likeness (QED) is 0.892. The summed E-state index contributed by atoms with van der Waals surface area (Å²) >= 11 is 3.06. The molecule has 16 heavy (non-hydrogen) atoms. The molecule has 1 unspecified atom stereocenters. The van der Waals surface area contributed by atoms with Crippen molar-refractivity contribution < 1.29 is 18.7 Å². The van der Waals surface area contributed by atoms with Crippen molar-refractivity contribution in [3.8, 4) is 0 Å². The van der Waals surface area contributed by atoms with Crippen LogP contribution in [0.1, 0.15) is 5.56 Å². The van der Waals surface area contributed by atoms with Gasteiger partial charge in [-0.1, -0.05) is 34.1 Å². The van der Waals surface area contributed by atoms with Crippen LogP contribution in [0.4, 0.5) is 8.78 Å². The molecule has 3 N–H and O–H groups in total. The number of nitrogens with two attached hydrogens (primary N) is 1. The van der Waals surface area contributed by atoms with E-state index in [1.807, 2.05) is 0 Å². The summed E-state index contributed by atoms with van der Waals surface area (Å²) in [6, 6.07) is 5.94. The van der Waals surface area contributed by atoms with E-state index in [1.165, 1.54) is 18.2 Å². The molecule has 88 valence electrons. The lowest BCUT2D eigenvalue weighted by molar-refractivity contribution is -0.150. The van der Waals surface area contributed by atoms with Crippen LogP contribution in [0.5, 0.6) is 0 Å². The lowest BCUT2D eigenvalue weighted by Crippen LogP contribution is -2.49. The summed E-state index contributed by atoms with van der Waals surface area (Å²) in [6.45, 7) is -0.664. The van der Waals surface area contributed by atoms with Gasteiger partial charge in [-0.05, 0) is 11.6 Å². The molecule has 0 saturated carbocycles. The summed E-state index contributed by atoms with van der Waals surface area (Å²) in [5, 5.41) is 8.99. The molecule has 0 saturated heterocycles. The zero-order chi connectivity index (χ0) is 12.3. The first kappa shape index (κ1) is 13.1. The molecule has 0 bridgehead atoms. The number of carbonyl (C=O) groups is 1. The Morgan fingerprint density at radius 3 is 2.44 bits per heavy atom. The lowest BCUT2D eigenvalue weighted by Gasteiger charge is -2.28. The third-order valence-corrected chi connectivity index (χ3v) is 3.12. The molecule has 1 rings (SSSR count). The van der Waals surface area contributed by atoms with Gasteiger partial charge in [0, 0.05) is 11.0 Å². The number of benzene rings is 1. The topological polar surface area (TPSA) is 63.3 Å². The van der Waals surface area contributed by atoms with Crippen LogP contribution in [-0.2, 0) is 10.2 Å². The third kappa shape index (κ3) is 1.94. The molecule has 0 fully saturated rings. The summed E-state index contributed by atoms with van der Waals surface area (Å²) in [4.78, 5) is 11.1. The Morgan fingerprint density at radius 2 is 2.06 bits per heavy atom. The normalized spacial score (nSPS) is 14.8. The molecular weight excluding hydrogens is 284 g/mol. The van der Waals surface area contributed by atoms with Crippen molar-refractivity contribution in [1.82, 2.24) is 0 Å². The van der Waals surface area contributed by atoms with Crippen molar-refractivity contribution in [3.05, 3.63) is 34.3 Å². The molecule has 1 aromatic carbocycles. The number of carboxylic acid groups (broad SMARTS) is 1. The van der Waals surface area contributed by atoms with Crippen LogP contribution in [-0.4, -0.2) is 24.0 Å². The van der Waals surface area contributed by atoms with E-state index < -0.39 is 24.4 Å². The fourth-order valence-electron chi connectivity index (χ4n) is 1.44. The average Bonchev–Trinajstić information content (AvgIpc) is 2.21. The largest absolute Gasteiger partial charge is 0.480 e. The first-order valence-corrected chi connectivity index (χ1v) is 5.22. The fraction of sp³-hybridized carbons (Fsp3) is 0.300. The number of alkyl halides is 2. The first-order valence-electron chi connectivity index (χ1n) is 4.43. The number of halogens is 3. The molecule has 0 aliphatic rings. The SMILES string of the molecule is NCC(C(=O)O)(c1ccccc1Br)C(F)F. The molecule has 0 aliphatic carbocycles. The molecule has 0 amide bonds. The number of rotatable bonds is 4. The van der Waals surface area contributed by atoms with Gasteiger partial charge < -0.3 is 10.8 Å². The zero-order valence-corrected chi connectivity index (χ0v) is 9.75. The van der Waals surface area contributed by atoms with Crippen LogP contribution >= 0.6 is 15.9 Å². The van der Waals surface area contributed by atoms with Gasteiger partial charge in [-0.2, -0.15) is 0 Å². The number of hydrogen-bond acceptors (Lipinski definition) is 2. The van der Waals surface area contributed by atoms with Crippen molar-refractivity contribution in [2.75, 3.05) is 6.54 Å². The molecule has 0 aliphatic heterocycles. The van der Waals surface area contributed by atoms with Crippen molar-refractivity contribution in [3.63, 3.8) is 0 Å². The van der Waals surface area contributed by atoms with Gasteiger partial charge in [0.15, 0.2) is 5.41 Å². The van der Waals surface area contributed by atoms with Crippen LogP contribution < -0.4 is 5.73 Å². The second kappa shape index (κ2) is 4.88. The third-order valence-electron chi connectivity index (χ3n) is 2.43. The Hall–Kier alpha value is -1.01. The predicted molar refractivity (Wildman–Crippen MR) is 58.5 cm³/mol. The number of carboxylic acids is 1. The van der Waals surface area contributed by atoms with Crippen molar-refractivity contribution in [2.24, 2.45) is 5.73 Å². The Morgan fingerprint density at radius 1 is 1.50 bits per heavy atom. The van der Waals surface area contributed by atoms with Crippen molar-refractivity contribution in [2.45, 2.75) is 11.8 Å². The predicted octanol–water partition coefficient (Wildman–Crippen LogP) is 2.00. The van der Waals surface area contributed by atoms with Crippen LogP contribution in [0, 0.1) is 0 Å². The van der Waals surface area contributed by atoms with Crippen LogP contribution in [0.15, 0.2) is 28.7 Å². The van der Waals surface area contributed by atoms with E-state index in [9.17, 15) is 13.6 Å². The summed E-state index contributed by atoms with van der Waals surface area (Å²) in [5.41, 5.74) is 2.85. The maximum Gasteiger partial charge on any atom is 0.321 e. The number of aliphatic carboxylic acids is 1. The van der Waals surface area contributed by atoms with Crippen molar-refractivity contribution >= 4 is 21.9 Å². The maximum atomic E-state index is 13.0. The lowest BCUT2D eigenvalue weighted by atomic mass is 9.81. The van der Waals surface area contributed by atoms with E-state index in [0.717, 1.165) is 0 Å². The average molecular weight is 294 g/mol. The fourth-order valence-corrected chi connectivity index (χ4v) is 2.07. The summed E-state index contributed by atoms with van der Waals surface area (Å²) in [7, 11) is 0. The molecule has 1 atom stereocenters. The second-order valence-corrected chi connectivity index (χ2v) is 4.12. The minimum Gasteiger partial charge on any atom is -0.480 e. The van der Waals surface area contributed by atoms with Gasteiger partial charge in [0.05, 0.1) is 0 Å². The number of hydrogen-bond donors (Lipinski definition) is 2. The van der Waals surface area contributed by atoms with E-state index in [1.54, 1.807) is 6.07 Å². The van der Waals surface area contributed by atoms with Gasteiger partial charge in [0.25, 0.3) is 6.43 Å². The standard InChI is InChI=1S/C10H10BrF2NO2/c11-7-4-2-1-3-6(7)10(5-14,8(12)13)9(15)16/h1-4,8H,5,14H2,(H,15,16). The molecular formula is C10H10BrF2NO2. The highest BCUT2D eigenvalue weighted by Crippen LogP contribution is 2.35. The minimum absolute atomic E-state index is 0.0139. The molecule has 0 heterocycles. The molecule has 0 radical (unpaired) electrons. The maximum absolute atomic E-state index is 13.0. The van der Waals surface area contributed by atoms with Gasteiger partial charge >= 0.3 is 5.97 Å². The molecule has 0 aromatic heterocycles.